The minimum atomic E-state index is -1.00. The molecule has 1 aromatic carbocycles. The molecule has 1 aliphatic heterocycles. The lowest BCUT2D eigenvalue weighted by atomic mass is 9.89. The molecule has 1 fully saturated rings. The highest BCUT2D eigenvalue weighted by molar-refractivity contribution is 7.16. The second-order valence-corrected chi connectivity index (χ2v) is 8.29. The lowest BCUT2D eigenvalue weighted by Crippen LogP contribution is -2.40. The maximum atomic E-state index is 13.0. The van der Waals surface area contributed by atoms with Gasteiger partial charge in [0.05, 0.1) is 10.9 Å². The van der Waals surface area contributed by atoms with Crippen LogP contribution >= 0.6 is 22.9 Å². The van der Waals surface area contributed by atoms with Gasteiger partial charge in [0.25, 0.3) is 5.91 Å². The van der Waals surface area contributed by atoms with Gasteiger partial charge in [-0.2, -0.15) is 0 Å². The first-order valence-corrected chi connectivity index (χ1v) is 9.17. The molecule has 2 aliphatic rings. The van der Waals surface area contributed by atoms with Crippen molar-refractivity contribution in [3.63, 3.8) is 0 Å². The van der Waals surface area contributed by atoms with Gasteiger partial charge < -0.3 is 5.32 Å². The van der Waals surface area contributed by atoms with Gasteiger partial charge in [0.2, 0.25) is 0 Å². The number of nitrogens with one attached hydrogen (secondary N) is 1. The number of thiophene rings is 1. The standard InChI is InChI=1S/C18H17ClN2O2S/c1-18(13-6-5-11-3-2-4-12(11)9-13)16(22)21(17(23)20-18)10-14-7-8-15(19)24-14/h5-9H,2-4,10H2,1H3,(H,20,23). The number of benzene rings is 1. The molecule has 0 saturated carbocycles. The Morgan fingerprint density at radius 2 is 2.00 bits per heavy atom. The predicted molar refractivity (Wildman–Crippen MR) is 94.2 cm³/mol. The van der Waals surface area contributed by atoms with Gasteiger partial charge in [-0.05, 0) is 55.0 Å². The number of halogens is 1. The van der Waals surface area contributed by atoms with Crippen LogP contribution in [0.5, 0.6) is 0 Å². The maximum absolute atomic E-state index is 13.0. The van der Waals surface area contributed by atoms with Crippen LogP contribution in [0.3, 0.4) is 0 Å². The van der Waals surface area contributed by atoms with Gasteiger partial charge in [-0.3, -0.25) is 9.69 Å². The van der Waals surface area contributed by atoms with Crippen molar-refractivity contribution >= 4 is 34.9 Å². The Labute approximate surface area is 149 Å². The first kappa shape index (κ1) is 15.7. The molecule has 0 spiro atoms. The van der Waals surface area contributed by atoms with E-state index in [1.165, 1.54) is 27.4 Å². The molecule has 2 heterocycles. The van der Waals surface area contributed by atoms with Crippen molar-refractivity contribution in [1.29, 1.82) is 0 Å². The molecule has 1 aliphatic carbocycles. The minimum Gasteiger partial charge on any atom is -0.319 e. The van der Waals surface area contributed by atoms with Gasteiger partial charge in [-0.1, -0.05) is 29.8 Å². The summed E-state index contributed by atoms with van der Waals surface area (Å²) in [7, 11) is 0. The second-order valence-electron chi connectivity index (χ2n) is 6.49. The van der Waals surface area contributed by atoms with Crippen molar-refractivity contribution in [2.45, 2.75) is 38.3 Å². The molecule has 3 amide bonds. The van der Waals surface area contributed by atoms with Crippen LogP contribution in [0.15, 0.2) is 30.3 Å². The van der Waals surface area contributed by atoms with Gasteiger partial charge in [0, 0.05) is 4.88 Å². The summed E-state index contributed by atoms with van der Waals surface area (Å²) in [5, 5.41) is 2.87. The summed E-state index contributed by atoms with van der Waals surface area (Å²) < 4.78 is 0.651. The average molecular weight is 361 g/mol. The fourth-order valence-corrected chi connectivity index (χ4v) is 4.59. The lowest BCUT2D eigenvalue weighted by molar-refractivity contribution is -0.131. The molecule has 1 aromatic heterocycles. The van der Waals surface area contributed by atoms with E-state index in [2.05, 4.69) is 17.4 Å². The van der Waals surface area contributed by atoms with E-state index in [-0.39, 0.29) is 18.5 Å². The van der Waals surface area contributed by atoms with Gasteiger partial charge in [0.15, 0.2) is 0 Å². The van der Waals surface area contributed by atoms with Gasteiger partial charge in [-0.15, -0.1) is 11.3 Å². The maximum Gasteiger partial charge on any atom is 0.325 e. The number of imide groups is 1. The molecule has 24 heavy (non-hydrogen) atoms. The number of hydrogen-bond donors (Lipinski definition) is 1. The highest BCUT2D eigenvalue weighted by Crippen LogP contribution is 2.34. The molecular weight excluding hydrogens is 344 g/mol. The summed E-state index contributed by atoms with van der Waals surface area (Å²) in [4.78, 5) is 27.5. The Kier molecular flexibility index (Phi) is 3.66. The summed E-state index contributed by atoms with van der Waals surface area (Å²) in [6.45, 7) is 2.04. The zero-order chi connectivity index (χ0) is 16.9. The summed E-state index contributed by atoms with van der Waals surface area (Å²) in [5.41, 5.74) is 2.49. The van der Waals surface area contributed by atoms with Crippen molar-refractivity contribution in [1.82, 2.24) is 10.2 Å². The van der Waals surface area contributed by atoms with E-state index in [9.17, 15) is 9.59 Å². The molecule has 1 saturated heterocycles. The van der Waals surface area contributed by atoms with Crippen LogP contribution in [0, 0.1) is 0 Å². The van der Waals surface area contributed by atoms with E-state index in [1.807, 2.05) is 12.1 Å². The fraction of sp³-hybridized carbons (Fsp3) is 0.333. The lowest BCUT2D eigenvalue weighted by Gasteiger charge is -2.23. The Morgan fingerprint density at radius 1 is 1.21 bits per heavy atom. The van der Waals surface area contributed by atoms with Crippen LogP contribution in [0.25, 0.3) is 0 Å². The van der Waals surface area contributed by atoms with Crippen LogP contribution in [0.1, 0.15) is 34.9 Å². The Morgan fingerprint density at radius 3 is 2.75 bits per heavy atom. The zero-order valence-electron chi connectivity index (χ0n) is 13.3. The molecule has 6 heteroatoms. The molecule has 1 atom stereocenters. The number of amides is 3. The van der Waals surface area contributed by atoms with E-state index in [4.69, 9.17) is 11.6 Å². The first-order chi connectivity index (χ1) is 11.5. The molecule has 1 unspecified atom stereocenters. The quantitative estimate of drug-likeness (QED) is 0.845. The molecule has 2 aromatic rings. The number of aryl methyl sites for hydroxylation is 2. The number of rotatable bonds is 3. The molecule has 0 bridgehead atoms. The third-order valence-electron chi connectivity index (χ3n) is 4.89. The van der Waals surface area contributed by atoms with E-state index in [0.717, 1.165) is 29.7 Å². The summed E-state index contributed by atoms with van der Waals surface area (Å²) in [5.74, 6) is -0.213. The summed E-state index contributed by atoms with van der Waals surface area (Å²) in [6, 6.07) is 9.40. The molecular formula is C18H17ClN2O2S. The smallest absolute Gasteiger partial charge is 0.319 e. The monoisotopic (exact) mass is 360 g/mol. The van der Waals surface area contributed by atoms with Crippen molar-refractivity contribution in [2.75, 3.05) is 0 Å². The van der Waals surface area contributed by atoms with Crippen molar-refractivity contribution in [3.8, 4) is 0 Å². The third-order valence-corrected chi connectivity index (χ3v) is 6.11. The highest BCUT2D eigenvalue weighted by Gasteiger charge is 2.49. The van der Waals surface area contributed by atoms with Crippen LogP contribution in [0.2, 0.25) is 4.34 Å². The Balaban J connectivity index is 1.64. The molecule has 4 rings (SSSR count). The first-order valence-electron chi connectivity index (χ1n) is 7.98. The zero-order valence-corrected chi connectivity index (χ0v) is 14.8. The molecule has 124 valence electrons. The SMILES string of the molecule is CC1(c2ccc3c(c2)CCC3)NC(=O)N(Cc2ccc(Cl)s2)C1=O. The average Bonchev–Trinajstić information content (AvgIpc) is 3.23. The van der Waals surface area contributed by atoms with E-state index >= 15 is 0 Å². The molecule has 1 N–H and O–H groups in total. The second kappa shape index (κ2) is 5.60. The summed E-state index contributed by atoms with van der Waals surface area (Å²) in [6.07, 6.45) is 3.29. The van der Waals surface area contributed by atoms with Gasteiger partial charge in [0.1, 0.15) is 5.54 Å². The minimum absolute atomic E-state index is 0.213. The normalized spacial score (nSPS) is 22.8. The van der Waals surface area contributed by atoms with E-state index < -0.39 is 5.54 Å². The molecule has 4 nitrogen and oxygen atoms in total. The van der Waals surface area contributed by atoms with Crippen molar-refractivity contribution in [2.24, 2.45) is 0 Å². The Bertz CT molecular complexity index is 847. The van der Waals surface area contributed by atoms with Crippen LogP contribution in [-0.4, -0.2) is 16.8 Å². The van der Waals surface area contributed by atoms with Gasteiger partial charge >= 0.3 is 6.03 Å². The fourth-order valence-electron chi connectivity index (χ4n) is 3.51. The van der Waals surface area contributed by atoms with Crippen LogP contribution in [0.4, 0.5) is 4.79 Å². The molecule has 0 radical (unpaired) electrons. The summed E-state index contributed by atoms with van der Waals surface area (Å²) >= 11 is 7.32. The predicted octanol–water partition coefficient (Wildman–Crippen LogP) is 3.86. The topological polar surface area (TPSA) is 49.4 Å². The number of hydrogen-bond acceptors (Lipinski definition) is 3. The van der Waals surface area contributed by atoms with Crippen LogP contribution in [-0.2, 0) is 29.7 Å². The number of carbonyl (C=O) groups excluding carboxylic acids is 2. The number of carbonyl (C=O) groups is 2. The van der Waals surface area contributed by atoms with Crippen LogP contribution < -0.4 is 5.32 Å². The van der Waals surface area contributed by atoms with Crippen molar-refractivity contribution in [3.05, 3.63) is 56.2 Å². The largest absolute Gasteiger partial charge is 0.325 e. The Hall–Kier alpha value is -1.85. The third kappa shape index (κ3) is 2.43. The number of nitrogens with zero attached hydrogens (tertiary/aromatic N) is 1. The van der Waals surface area contributed by atoms with Crippen molar-refractivity contribution < 1.29 is 9.59 Å². The number of urea groups is 1. The van der Waals surface area contributed by atoms with E-state index in [1.54, 1.807) is 13.0 Å². The highest BCUT2D eigenvalue weighted by atomic mass is 35.5. The van der Waals surface area contributed by atoms with Gasteiger partial charge in [-0.25, -0.2) is 4.79 Å². The van der Waals surface area contributed by atoms with E-state index in [0.29, 0.717) is 4.34 Å². The number of fused-ring (bicyclic) bond motifs is 1.